The fourth-order valence-electron chi connectivity index (χ4n) is 2.43. The number of halogens is 1. The quantitative estimate of drug-likeness (QED) is 0.922. The Kier molecular flexibility index (Phi) is 3.88. The van der Waals surface area contributed by atoms with Gasteiger partial charge in [-0.15, -0.1) is 0 Å². The van der Waals surface area contributed by atoms with Gasteiger partial charge in [-0.3, -0.25) is 0 Å². The monoisotopic (exact) mass is 342 g/mol. The molecule has 0 radical (unpaired) electrons. The first-order valence-corrected chi connectivity index (χ1v) is 8.61. The smallest absolute Gasteiger partial charge is 0.244 e. The van der Waals surface area contributed by atoms with Crippen molar-refractivity contribution in [1.82, 2.24) is 9.88 Å². The summed E-state index contributed by atoms with van der Waals surface area (Å²) in [7, 11) is -3.75. The summed E-state index contributed by atoms with van der Waals surface area (Å²) in [6.07, 6.45) is 0.655. The van der Waals surface area contributed by atoms with Gasteiger partial charge in [0.1, 0.15) is 16.4 Å². The van der Waals surface area contributed by atoms with Crippen LogP contribution in [0.25, 0.3) is 0 Å². The second-order valence-corrected chi connectivity index (χ2v) is 7.29. The van der Waals surface area contributed by atoms with Crippen LogP contribution in [0.5, 0.6) is 5.75 Å². The summed E-state index contributed by atoms with van der Waals surface area (Å²) in [5, 5.41) is 4.18. The Bertz CT molecular complexity index is 810. The maximum absolute atomic E-state index is 12.6. The molecular weight excluding hydrogens is 328 g/mol. The number of aromatic nitrogens is 1. The zero-order valence-electron chi connectivity index (χ0n) is 12.1. The van der Waals surface area contributed by atoms with Crippen molar-refractivity contribution in [2.75, 3.05) is 6.61 Å². The van der Waals surface area contributed by atoms with Crippen LogP contribution in [0.2, 0.25) is 5.02 Å². The fourth-order valence-corrected chi connectivity index (χ4v) is 3.95. The second kappa shape index (κ2) is 5.57. The van der Waals surface area contributed by atoms with E-state index < -0.39 is 10.0 Å². The van der Waals surface area contributed by atoms with Gasteiger partial charge in [0.15, 0.2) is 0 Å². The van der Waals surface area contributed by atoms with Crippen LogP contribution >= 0.6 is 11.6 Å². The third-order valence-electron chi connectivity index (χ3n) is 3.62. The van der Waals surface area contributed by atoms with Crippen LogP contribution in [0.3, 0.4) is 0 Å². The number of rotatable bonds is 4. The molecule has 22 heavy (non-hydrogen) atoms. The highest BCUT2D eigenvalue weighted by Crippen LogP contribution is 2.35. The van der Waals surface area contributed by atoms with Crippen LogP contribution in [-0.2, 0) is 23.0 Å². The van der Waals surface area contributed by atoms with Crippen molar-refractivity contribution in [2.45, 2.75) is 31.7 Å². The molecule has 0 saturated carbocycles. The highest BCUT2D eigenvalue weighted by Gasteiger charge is 2.26. The molecule has 1 aliphatic heterocycles. The highest BCUT2D eigenvalue weighted by molar-refractivity contribution is 7.89. The van der Waals surface area contributed by atoms with E-state index >= 15 is 0 Å². The Morgan fingerprint density at radius 2 is 2.14 bits per heavy atom. The van der Waals surface area contributed by atoms with E-state index in [4.69, 9.17) is 20.9 Å². The lowest BCUT2D eigenvalue weighted by molar-refractivity contribution is 0.348. The van der Waals surface area contributed by atoms with Crippen molar-refractivity contribution >= 4 is 21.6 Å². The first-order valence-electron chi connectivity index (χ1n) is 6.75. The van der Waals surface area contributed by atoms with Gasteiger partial charge in [0.05, 0.1) is 12.3 Å². The van der Waals surface area contributed by atoms with Crippen molar-refractivity contribution in [3.63, 3.8) is 0 Å². The lowest BCUT2D eigenvalue weighted by Crippen LogP contribution is -2.24. The molecule has 2 aromatic rings. The Morgan fingerprint density at radius 3 is 2.82 bits per heavy atom. The molecule has 0 aliphatic carbocycles. The molecule has 0 fully saturated rings. The van der Waals surface area contributed by atoms with E-state index in [1.165, 1.54) is 6.07 Å². The minimum absolute atomic E-state index is 0.0688. The van der Waals surface area contributed by atoms with Crippen molar-refractivity contribution in [3.05, 3.63) is 39.7 Å². The summed E-state index contributed by atoms with van der Waals surface area (Å²) in [5.74, 6) is 0.975. The van der Waals surface area contributed by atoms with Gasteiger partial charge in [-0.25, -0.2) is 13.1 Å². The summed E-state index contributed by atoms with van der Waals surface area (Å²) < 4.78 is 38.1. The summed E-state index contributed by atoms with van der Waals surface area (Å²) >= 11 is 6.01. The van der Waals surface area contributed by atoms with E-state index in [1.807, 2.05) is 0 Å². The van der Waals surface area contributed by atoms with Gasteiger partial charge in [-0.1, -0.05) is 16.8 Å². The molecule has 0 atom stereocenters. The number of sulfonamides is 1. The molecule has 0 bridgehead atoms. The highest BCUT2D eigenvalue weighted by atomic mass is 35.5. The van der Waals surface area contributed by atoms with Gasteiger partial charge in [0.2, 0.25) is 10.0 Å². The molecule has 0 saturated heterocycles. The van der Waals surface area contributed by atoms with E-state index in [9.17, 15) is 8.42 Å². The maximum Gasteiger partial charge on any atom is 0.244 e. The zero-order chi connectivity index (χ0) is 15.9. The Labute approximate surface area is 133 Å². The van der Waals surface area contributed by atoms with Crippen LogP contribution in [0.15, 0.2) is 21.6 Å². The van der Waals surface area contributed by atoms with Crippen molar-refractivity contribution in [3.8, 4) is 5.75 Å². The van der Waals surface area contributed by atoms with Crippen LogP contribution in [0, 0.1) is 13.8 Å². The maximum atomic E-state index is 12.6. The Morgan fingerprint density at radius 1 is 1.36 bits per heavy atom. The van der Waals surface area contributed by atoms with Gasteiger partial charge in [0.25, 0.3) is 0 Å². The average molecular weight is 343 g/mol. The normalized spacial score (nSPS) is 14.0. The molecule has 2 heterocycles. The van der Waals surface area contributed by atoms with E-state index in [2.05, 4.69) is 9.88 Å². The molecule has 1 N–H and O–H groups in total. The minimum atomic E-state index is -3.75. The van der Waals surface area contributed by atoms with Gasteiger partial charge in [-0.2, -0.15) is 0 Å². The van der Waals surface area contributed by atoms with Crippen LogP contribution in [-0.4, -0.2) is 20.2 Å². The topological polar surface area (TPSA) is 81.4 Å². The number of aryl methyl sites for hydroxylation is 2. The summed E-state index contributed by atoms with van der Waals surface area (Å²) in [4.78, 5) is 0.0688. The molecule has 1 aromatic heterocycles. The van der Waals surface area contributed by atoms with Crippen molar-refractivity contribution in [1.29, 1.82) is 0 Å². The van der Waals surface area contributed by atoms with Crippen LogP contribution in [0.1, 0.15) is 22.6 Å². The Balaban J connectivity index is 1.91. The first-order chi connectivity index (χ1) is 10.4. The SMILES string of the molecule is Cc1noc(C)c1CNS(=O)(=O)c1cc(Cl)cc2c1OCC2. The predicted octanol–water partition coefficient (Wildman–Crippen LogP) is 2.36. The number of nitrogens with one attached hydrogen (secondary N) is 1. The number of ether oxygens (including phenoxy) is 1. The molecule has 0 spiro atoms. The third kappa shape index (κ3) is 2.71. The van der Waals surface area contributed by atoms with Crippen molar-refractivity contribution in [2.24, 2.45) is 0 Å². The number of nitrogens with zero attached hydrogens (tertiary/aromatic N) is 1. The van der Waals surface area contributed by atoms with Gasteiger partial charge < -0.3 is 9.26 Å². The summed E-state index contributed by atoms with van der Waals surface area (Å²) in [5.41, 5.74) is 2.20. The van der Waals surface area contributed by atoms with E-state index in [-0.39, 0.29) is 11.4 Å². The number of hydrogen-bond donors (Lipinski definition) is 1. The number of hydrogen-bond acceptors (Lipinski definition) is 5. The molecule has 3 rings (SSSR count). The lowest BCUT2D eigenvalue weighted by atomic mass is 10.2. The number of fused-ring (bicyclic) bond motifs is 1. The van der Waals surface area contributed by atoms with Gasteiger partial charge >= 0.3 is 0 Å². The molecule has 6 nitrogen and oxygen atoms in total. The molecule has 118 valence electrons. The second-order valence-electron chi connectivity index (χ2n) is 5.12. The standard InChI is InChI=1S/C14H15ClN2O4S/c1-8-12(9(2)21-17-8)7-16-22(18,19)13-6-11(15)5-10-3-4-20-14(10)13/h5-6,16H,3-4,7H2,1-2H3. The van der Waals surface area contributed by atoms with E-state index in [0.717, 1.165) is 11.1 Å². The molecule has 1 aromatic carbocycles. The van der Waals surface area contributed by atoms with E-state index in [1.54, 1.807) is 19.9 Å². The molecule has 0 unspecified atom stereocenters. The van der Waals surface area contributed by atoms with Gasteiger partial charge in [-0.05, 0) is 26.0 Å². The third-order valence-corrected chi connectivity index (χ3v) is 5.25. The van der Waals surface area contributed by atoms with Gasteiger partial charge in [0, 0.05) is 29.1 Å². The fraction of sp³-hybridized carbons (Fsp3) is 0.357. The molecule has 0 amide bonds. The summed E-state index contributed by atoms with van der Waals surface area (Å²) in [6.45, 7) is 4.07. The molecule has 8 heteroatoms. The molecular formula is C14H15ClN2O4S. The minimum Gasteiger partial charge on any atom is -0.492 e. The Hall–Kier alpha value is -1.57. The first kappa shape index (κ1) is 15.3. The van der Waals surface area contributed by atoms with Crippen LogP contribution < -0.4 is 9.46 Å². The lowest BCUT2D eigenvalue weighted by Gasteiger charge is -2.11. The largest absolute Gasteiger partial charge is 0.492 e. The van der Waals surface area contributed by atoms with Crippen molar-refractivity contribution < 1.29 is 17.7 Å². The van der Waals surface area contributed by atoms with E-state index in [0.29, 0.717) is 35.3 Å². The van der Waals surface area contributed by atoms with Crippen LogP contribution in [0.4, 0.5) is 0 Å². The zero-order valence-corrected chi connectivity index (χ0v) is 13.7. The number of benzene rings is 1. The molecule has 1 aliphatic rings. The summed E-state index contributed by atoms with van der Waals surface area (Å²) in [6, 6.07) is 3.14. The average Bonchev–Trinajstić information content (AvgIpc) is 3.03. The predicted molar refractivity (Wildman–Crippen MR) is 80.7 cm³/mol.